The normalized spacial score (nSPS) is 9.95. The van der Waals surface area contributed by atoms with Gasteiger partial charge in [0.25, 0.3) is 0 Å². The Bertz CT molecular complexity index is 564. The van der Waals surface area contributed by atoms with Crippen LogP contribution in [0.25, 0.3) is 0 Å². The molecular formula is C13H13N3O2S. The smallest absolute Gasteiger partial charge is 0.319 e. The van der Waals surface area contributed by atoms with Gasteiger partial charge in [0.15, 0.2) is 5.78 Å². The second kappa shape index (κ2) is 6.10. The van der Waals surface area contributed by atoms with Crippen LogP contribution in [-0.2, 0) is 6.54 Å². The highest BCUT2D eigenvalue weighted by Crippen LogP contribution is 2.10. The number of nitrogens with zero attached hydrogens (tertiary/aromatic N) is 1. The molecule has 0 fully saturated rings. The van der Waals surface area contributed by atoms with E-state index >= 15 is 0 Å². The highest BCUT2D eigenvalue weighted by atomic mass is 32.1. The van der Waals surface area contributed by atoms with Crippen LogP contribution in [0, 0.1) is 0 Å². The zero-order valence-electron chi connectivity index (χ0n) is 10.3. The maximum absolute atomic E-state index is 11.6. The SMILES string of the molecule is CC(=O)c1ccc(NC(=O)NCc2cscn2)cc1. The van der Waals surface area contributed by atoms with Crippen molar-refractivity contribution in [3.05, 3.63) is 46.4 Å². The molecule has 6 heteroatoms. The zero-order valence-corrected chi connectivity index (χ0v) is 11.2. The van der Waals surface area contributed by atoms with Gasteiger partial charge in [-0.15, -0.1) is 11.3 Å². The van der Waals surface area contributed by atoms with Gasteiger partial charge in [0, 0.05) is 16.6 Å². The summed E-state index contributed by atoms with van der Waals surface area (Å²) in [5.74, 6) is -0.000432. The van der Waals surface area contributed by atoms with E-state index in [1.165, 1.54) is 18.3 Å². The summed E-state index contributed by atoms with van der Waals surface area (Å²) in [5.41, 5.74) is 3.80. The highest BCUT2D eigenvalue weighted by molar-refractivity contribution is 7.07. The van der Waals surface area contributed by atoms with E-state index in [9.17, 15) is 9.59 Å². The molecule has 2 amide bonds. The summed E-state index contributed by atoms with van der Waals surface area (Å²) >= 11 is 1.48. The maximum Gasteiger partial charge on any atom is 0.319 e. The number of Topliss-reactive ketones (excluding diaryl/α,β-unsaturated/α-hetero) is 1. The predicted octanol–water partition coefficient (Wildman–Crippen LogP) is 2.67. The van der Waals surface area contributed by atoms with Crippen molar-refractivity contribution in [1.82, 2.24) is 10.3 Å². The molecule has 0 radical (unpaired) electrons. The number of nitrogens with one attached hydrogen (secondary N) is 2. The summed E-state index contributed by atoms with van der Waals surface area (Å²) in [6.07, 6.45) is 0. The fourth-order valence-corrected chi connectivity index (χ4v) is 2.02. The summed E-state index contributed by atoms with van der Waals surface area (Å²) in [5, 5.41) is 7.26. The van der Waals surface area contributed by atoms with Crippen molar-refractivity contribution in [2.45, 2.75) is 13.5 Å². The molecule has 2 rings (SSSR count). The first-order chi connectivity index (χ1) is 9.15. The minimum absolute atomic E-state index is 0.000432. The first kappa shape index (κ1) is 13.2. The number of ketones is 1. The number of thiazole rings is 1. The molecule has 0 spiro atoms. The Morgan fingerprint density at radius 1 is 1.26 bits per heavy atom. The Balaban J connectivity index is 1.86. The molecule has 0 atom stereocenters. The van der Waals surface area contributed by atoms with E-state index in [0.29, 0.717) is 17.8 Å². The lowest BCUT2D eigenvalue weighted by Gasteiger charge is -2.06. The van der Waals surface area contributed by atoms with Crippen LogP contribution in [-0.4, -0.2) is 16.8 Å². The number of hydrogen-bond acceptors (Lipinski definition) is 4. The van der Waals surface area contributed by atoms with Crippen LogP contribution in [0.2, 0.25) is 0 Å². The Morgan fingerprint density at radius 2 is 2.00 bits per heavy atom. The molecule has 5 nitrogen and oxygen atoms in total. The summed E-state index contributed by atoms with van der Waals surface area (Å²) in [4.78, 5) is 26.8. The molecule has 0 unspecified atom stereocenters. The van der Waals surface area contributed by atoms with Crippen molar-refractivity contribution in [2.24, 2.45) is 0 Å². The monoisotopic (exact) mass is 275 g/mol. The number of hydrogen-bond donors (Lipinski definition) is 2. The highest BCUT2D eigenvalue weighted by Gasteiger charge is 2.03. The van der Waals surface area contributed by atoms with Gasteiger partial charge in [-0.2, -0.15) is 0 Å². The molecule has 0 aliphatic carbocycles. The van der Waals surface area contributed by atoms with Crippen LogP contribution in [0.3, 0.4) is 0 Å². The average molecular weight is 275 g/mol. The van der Waals surface area contributed by atoms with Gasteiger partial charge in [-0.1, -0.05) is 0 Å². The third-order valence-electron chi connectivity index (χ3n) is 2.46. The Labute approximate surface area is 114 Å². The molecule has 98 valence electrons. The van der Waals surface area contributed by atoms with Crippen LogP contribution in [0.15, 0.2) is 35.2 Å². The second-order valence-electron chi connectivity index (χ2n) is 3.92. The number of carbonyl (C=O) groups excluding carboxylic acids is 2. The number of carbonyl (C=O) groups is 2. The zero-order chi connectivity index (χ0) is 13.7. The van der Waals surface area contributed by atoms with Crippen molar-refractivity contribution < 1.29 is 9.59 Å². The molecule has 2 N–H and O–H groups in total. The van der Waals surface area contributed by atoms with E-state index in [2.05, 4.69) is 15.6 Å². The van der Waals surface area contributed by atoms with Crippen LogP contribution >= 0.6 is 11.3 Å². The Kier molecular flexibility index (Phi) is 4.25. The van der Waals surface area contributed by atoms with E-state index in [4.69, 9.17) is 0 Å². The fraction of sp³-hybridized carbons (Fsp3) is 0.154. The van der Waals surface area contributed by atoms with Crippen molar-refractivity contribution >= 4 is 28.8 Å². The molecule has 1 aromatic carbocycles. The molecule has 0 aliphatic rings. The lowest BCUT2D eigenvalue weighted by atomic mass is 10.1. The van der Waals surface area contributed by atoms with Crippen molar-refractivity contribution in [3.63, 3.8) is 0 Å². The summed E-state index contributed by atoms with van der Waals surface area (Å²) < 4.78 is 0. The number of urea groups is 1. The Morgan fingerprint density at radius 3 is 2.58 bits per heavy atom. The fourth-order valence-electron chi connectivity index (χ4n) is 1.46. The van der Waals surface area contributed by atoms with Crippen LogP contribution in [0.5, 0.6) is 0 Å². The van der Waals surface area contributed by atoms with Gasteiger partial charge >= 0.3 is 6.03 Å². The van der Waals surface area contributed by atoms with E-state index in [1.54, 1.807) is 29.8 Å². The van der Waals surface area contributed by atoms with Gasteiger partial charge in [-0.3, -0.25) is 4.79 Å². The van der Waals surface area contributed by atoms with E-state index in [0.717, 1.165) is 5.69 Å². The molecule has 0 saturated heterocycles. The van der Waals surface area contributed by atoms with Crippen LogP contribution < -0.4 is 10.6 Å². The number of benzene rings is 1. The topological polar surface area (TPSA) is 71.1 Å². The van der Waals surface area contributed by atoms with Gasteiger partial charge in [0.05, 0.1) is 17.7 Å². The molecule has 2 aromatic rings. The van der Waals surface area contributed by atoms with Crippen molar-refractivity contribution in [2.75, 3.05) is 5.32 Å². The predicted molar refractivity (Wildman–Crippen MR) is 74.4 cm³/mol. The van der Waals surface area contributed by atoms with Crippen LogP contribution in [0.4, 0.5) is 10.5 Å². The minimum Gasteiger partial charge on any atom is -0.332 e. The number of aromatic nitrogens is 1. The summed E-state index contributed by atoms with van der Waals surface area (Å²) in [7, 11) is 0. The van der Waals surface area contributed by atoms with Gasteiger partial charge in [-0.05, 0) is 31.2 Å². The van der Waals surface area contributed by atoms with Gasteiger partial charge in [0.1, 0.15) is 0 Å². The third-order valence-corrected chi connectivity index (χ3v) is 3.10. The maximum atomic E-state index is 11.6. The minimum atomic E-state index is -0.302. The first-order valence-corrected chi connectivity index (χ1v) is 6.62. The standard InChI is InChI=1S/C13H13N3O2S/c1-9(17)10-2-4-11(5-3-10)16-13(18)14-6-12-7-19-8-15-12/h2-5,7-8H,6H2,1H3,(H2,14,16,18). The average Bonchev–Trinajstić information content (AvgIpc) is 2.90. The summed E-state index contributed by atoms with van der Waals surface area (Å²) in [6, 6.07) is 6.44. The molecule has 19 heavy (non-hydrogen) atoms. The molecule has 1 heterocycles. The molecule has 0 aliphatic heterocycles. The van der Waals surface area contributed by atoms with Crippen molar-refractivity contribution in [3.8, 4) is 0 Å². The van der Waals surface area contributed by atoms with Gasteiger partial charge in [0.2, 0.25) is 0 Å². The first-order valence-electron chi connectivity index (χ1n) is 5.68. The molecule has 1 aromatic heterocycles. The largest absolute Gasteiger partial charge is 0.332 e. The lowest BCUT2D eigenvalue weighted by molar-refractivity contribution is 0.101. The quantitative estimate of drug-likeness (QED) is 0.843. The van der Waals surface area contributed by atoms with Gasteiger partial charge < -0.3 is 10.6 Å². The Hall–Kier alpha value is -2.21. The number of rotatable bonds is 4. The van der Waals surface area contributed by atoms with E-state index in [-0.39, 0.29) is 11.8 Å². The van der Waals surface area contributed by atoms with Crippen LogP contribution in [0.1, 0.15) is 23.0 Å². The molecule has 0 saturated carbocycles. The van der Waals surface area contributed by atoms with E-state index in [1.807, 2.05) is 5.38 Å². The second-order valence-corrected chi connectivity index (χ2v) is 4.64. The molecule has 0 bridgehead atoms. The molecular weight excluding hydrogens is 262 g/mol. The van der Waals surface area contributed by atoms with Crippen molar-refractivity contribution in [1.29, 1.82) is 0 Å². The van der Waals surface area contributed by atoms with E-state index < -0.39 is 0 Å². The van der Waals surface area contributed by atoms with Gasteiger partial charge in [-0.25, -0.2) is 9.78 Å². The summed E-state index contributed by atoms with van der Waals surface area (Å²) in [6.45, 7) is 1.89. The number of amides is 2. The lowest BCUT2D eigenvalue weighted by Crippen LogP contribution is -2.28. The third kappa shape index (κ3) is 3.89. The number of anilines is 1.